The molecule has 4 aromatic rings. The van der Waals surface area contributed by atoms with Gasteiger partial charge in [-0.15, -0.1) is 0 Å². The van der Waals surface area contributed by atoms with Crippen LogP contribution in [0.5, 0.6) is 0 Å². The molecule has 33 heavy (non-hydrogen) atoms. The summed E-state index contributed by atoms with van der Waals surface area (Å²) in [5.74, 6) is -0.263. The topological polar surface area (TPSA) is 102 Å². The molecule has 168 valence electrons. The van der Waals surface area contributed by atoms with E-state index in [1.54, 1.807) is 30.5 Å². The van der Waals surface area contributed by atoms with Crippen LogP contribution in [-0.4, -0.2) is 29.6 Å². The van der Waals surface area contributed by atoms with E-state index in [4.69, 9.17) is 5.73 Å². The minimum atomic E-state index is -0.435. The lowest BCUT2D eigenvalue weighted by atomic mass is 10.1. The van der Waals surface area contributed by atoms with Gasteiger partial charge < -0.3 is 21.1 Å². The summed E-state index contributed by atoms with van der Waals surface area (Å²) in [4.78, 5) is 20.1. The Bertz CT molecular complexity index is 1300. The van der Waals surface area contributed by atoms with E-state index in [2.05, 4.69) is 31.4 Å². The van der Waals surface area contributed by atoms with Crippen molar-refractivity contribution in [1.82, 2.24) is 9.97 Å². The molecule has 2 heterocycles. The van der Waals surface area contributed by atoms with Gasteiger partial charge in [0, 0.05) is 30.2 Å². The summed E-state index contributed by atoms with van der Waals surface area (Å²) < 4.78 is 19.2. The first-order valence-corrected chi connectivity index (χ1v) is 10.5. The number of ether oxygens (including phenoxy) is 1. The van der Waals surface area contributed by atoms with Gasteiger partial charge in [-0.05, 0) is 48.0 Å². The van der Waals surface area contributed by atoms with Crippen LogP contribution in [0.25, 0.3) is 22.2 Å². The number of halogens is 1. The number of hydrogen-bond donors (Lipinski definition) is 3. The maximum absolute atomic E-state index is 14.6. The van der Waals surface area contributed by atoms with Crippen LogP contribution in [0.2, 0.25) is 0 Å². The van der Waals surface area contributed by atoms with E-state index in [1.165, 1.54) is 13.2 Å². The number of nitrogens with one attached hydrogen (secondary N) is 2. The molecule has 2 aromatic carbocycles. The number of carbonyl (C=O) groups excluding carboxylic acids is 1. The van der Waals surface area contributed by atoms with Crippen molar-refractivity contribution >= 4 is 34.1 Å². The third-order valence-electron chi connectivity index (χ3n) is 5.19. The fraction of sp³-hybridized carbons (Fsp3) is 0.160. The van der Waals surface area contributed by atoms with Gasteiger partial charge in [0.05, 0.1) is 36.1 Å². The van der Waals surface area contributed by atoms with Crippen LogP contribution < -0.4 is 16.4 Å². The van der Waals surface area contributed by atoms with E-state index in [0.29, 0.717) is 35.0 Å². The molecule has 0 radical (unpaired) electrons. The molecule has 0 saturated heterocycles. The Morgan fingerprint density at radius 3 is 2.79 bits per heavy atom. The highest BCUT2D eigenvalue weighted by Gasteiger charge is 2.10. The van der Waals surface area contributed by atoms with E-state index < -0.39 is 5.82 Å². The predicted octanol–water partition coefficient (Wildman–Crippen LogP) is 4.61. The van der Waals surface area contributed by atoms with E-state index >= 15 is 0 Å². The van der Waals surface area contributed by atoms with Crippen LogP contribution >= 0.6 is 0 Å². The molecule has 0 aliphatic heterocycles. The average Bonchev–Trinajstić information content (AvgIpc) is 2.84. The van der Waals surface area contributed by atoms with Crippen LogP contribution in [0.15, 0.2) is 66.9 Å². The van der Waals surface area contributed by atoms with Gasteiger partial charge in [-0.25, -0.2) is 9.37 Å². The van der Waals surface area contributed by atoms with Crippen molar-refractivity contribution in [1.29, 1.82) is 0 Å². The van der Waals surface area contributed by atoms with Crippen molar-refractivity contribution in [2.24, 2.45) is 0 Å². The second kappa shape index (κ2) is 9.95. The number of esters is 1. The fourth-order valence-electron chi connectivity index (χ4n) is 3.41. The zero-order valence-corrected chi connectivity index (χ0v) is 18.1. The van der Waals surface area contributed by atoms with Crippen molar-refractivity contribution in [2.75, 3.05) is 30.0 Å². The van der Waals surface area contributed by atoms with Gasteiger partial charge >= 0.3 is 5.97 Å². The number of nitrogen functional groups attached to an aromatic ring is 1. The van der Waals surface area contributed by atoms with Gasteiger partial charge in [0.2, 0.25) is 0 Å². The van der Waals surface area contributed by atoms with Crippen molar-refractivity contribution < 1.29 is 13.9 Å². The molecule has 0 unspecified atom stereocenters. The summed E-state index contributed by atoms with van der Waals surface area (Å²) in [6, 6.07) is 18.3. The summed E-state index contributed by atoms with van der Waals surface area (Å²) in [7, 11) is 1.32. The molecule has 0 fully saturated rings. The number of nitrogens with two attached hydrogens (primary N) is 1. The standard InChI is InChI=1S/C25H24FN5O2/c1-33-24(32)10-12-29-23-8-5-18(14-19(23)26)22-9-6-20(27)25(31-22)30-15-16-4-7-21-17(13-16)3-2-11-28-21/h2-9,11,13-14,29H,10,12,15,27H2,1H3,(H,30,31). The number of pyridine rings is 2. The van der Waals surface area contributed by atoms with Crippen molar-refractivity contribution in [3.63, 3.8) is 0 Å². The molecular weight excluding hydrogens is 421 g/mol. The first-order chi connectivity index (χ1) is 16.0. The highest BCUT2D eigenvalue weighted by Crippen LogP contribution is 2.27. The van der Waals surface area contributed by atoms with Crippen molar-refractivity contribution in [3.8, 4) is 11.3 Å². The second-order valence-corrected chi connectivity index (χ2v) is 7.47. The zero-order chi connectivity index (χ0) is 23.2. The monoisotopic (exact) mass is 445 g/mol. The zero-order valence-electron chi connectivity index (χ0n) is 18.1. The summed E-state index contributed by atoms with van der Waals surface area (Å²) >= 11 is 0. The number of aromatic nitrogens is 2. The van der Waals surface area contributed by atoms with E-state index in [1.807, 2.05) is 24.3 Å². The Labute approximate surface area is 190 Å². The van der Waals surface area contributed by atoms with E-state index in [-0.39, 0.29) is 18.9 Å². The van der Waals surface area contributed by atoms with Crippen LogP contribution in [0.3, 0.4) is 0 Å². The Kier molecular flexibility index (Phi) is 6.64. The maximum atomic E-state index is 14.6. The molecule has 4 N–H and O–H groups in total. The molecule has 0 atom stereocenters. The van der Waals surface area contributed by atoms with Gasteiger partial charge in [-0.2, -0.15) is 0 Å². The second-order valence-electron chi connectivity index (χ2n) is 7.47. The van der Waals surface area contributed by atoms with Crippen LogP contribution in [0.1, 0.15) is 12.0 Å². The molecule has 2 aromatic heterocycles. The normalized spacial score (nSPS) is 10.7. The first-order valence-electron chi connectivity index (χ1n) is 10.5. The van der Waals surface area contributed by atoms with Gasteiger partial charge in [-0.1, -0.05) is 18.2 Å². The SMILES string of the molecule is COC(=O)CCNc1ccc(-c2ccc(N)c(NCc3ccc4ncccc4c3)n2)cc1F. The quantitative estimate of drug-likeness (QED) is 0.341. The largest absolute Gasteiger partial charge is 0.469 e. The molecule has 7 nitrogen and oxygen atoms in total. The predicted molar refractivity (Wildman–Crippen MR) is 128 cm³/mol. The number of nitrogens with zero attached hydrogens (tertiary/aromatic N) is 2. The Hall–Kier alpha value is -4.20. The molecule has 0 amide bonds. The minimum absolute atomic E-state index is 0.153. The summed E-state index contributed by atoms with van der Waals surface area (Å²) in [6.07, 6.45) is 1.92. The number of anilines is 3. The van der Waals surface area contributed by atoms with Crippen LogP contribution in [0.4, 0.5) is 21.6 Å². The molecule has 0 aliphatic carbocycles. The number of fused-ring (bicyclic) bond motifs is 1. The summed E-state index contributed by atoms with van der Waals surface area (Å²) in [5, 5.41) is 7.22. The maximum Gasteiger partial charge on any atom is 0.307 e. The highest BCUT2D eigenvalue weighted by molar-refractivity contribution is 5.79. The Morgan fingerprint density at radius 2 is 1.97 bits per heavy atom. The highest BCUT2D eigenvalue weighted by atomic mass is 19.1. The van der Waals surface area contributed by atoms with Gasteiger partial charge in [0.25, 0.3) is 0 Å². The summed E-state index contributed by atoms with van der Waals surface area (Å²) in [6.45, 7) is 0.810. The average molecular weight is 445 g/mol. The first kappa shape index (κ1) is 22.0. The van der Waals surface area contributed by atoms with Crippen LogP contribution in [0, 0.1) is 5.82 Å². The van der Waals surface area contributed by atoms with Crippen molar-refractivity contribution in [3.05, 3.63) is 78.2 Å². The molecule has 8 heteroatoms. The van der Waals surface area contributed by atoms with E-state index in [9.17, 15) is 9.18 Å². The van der Waals surface area contributed by atoms with E-state index in [0.717, 1.165) is 16.5 Å². The molecule has 0 aliphatic rings. The van der Waals surface area contributed by atoms with Crippen LogP contribution in [-0.2, 0) is 16.1 Å². The number of methoxy groups -OCH3 is 1. The number of carbonyl (C=O) groups is 1. The third-order valence-corrected chi connectivity index (χ3v) is 5.19. The molecule has 0 bridgehead atoms. The minimum Gasteiger partial charge on any atom is -0.469 e. The Morgan fingerprint density at radius 1 is 1.09 bits per heavy atom. The lowest BCUT2D eigenvalue weighted by Gasteiger charge is -2.12. The fourth-order valence-corrected chi connectivity index (χ4v) is 3.41. The van der Waals surface area contributed by atoms with Crippen molar-refractivity contribution in [2.45, 2.75) is 13.0 Å². The number of hydrogen-bond acceptors (Lipinski definition) is 7. The number of rotatable bonds is 8. The molecule has 0 saturated carbocycles. The molecular formula is C25H24FN5O2. The number of benzene rings is 2. The smallest absolute Gasteiger partial charge is 0.307 e. The van der Waals surface area contributed by atoms with Gasteiger partial charge in [-0.3, -0.25) is 9.78 Å². The lowest BCUT2D eigenvalue weighted by molar-refractivity contribution is -0.140. The Balaban J connectivity index is 1.47. The molecule has 4 rings (SSSR count). The van der Waals surface area contributed by atoms with Gasteiger partial charge in [0.15, 0.2) is 0 Å². The van der Waals surface area contributed by atoms with Gasteiger partial charge in [0.1, 0.15) is 11.6 Å². The molecule has 0 spiro atoms. The third kappa shape index (κ3) is 5.35. The lowest BCUT2D eigenvalue weighted by Crippen LogP contribution is -2.10. The summed E-state index contributed by atoms with van der Waals surface area (Å²) in [5.41, 5.74) is 10.1.